The lowest BCUT2D eigenvalue weighted by molar-refractivity contribution is 0.103. The summed E-state index contributed by atoms with van der Waals surface area (Å²) in [6, 6.07) is 0. The number of aromatic nitrogens is 2. The van der Waals surface area contributed by atoms with Crippen LogP contribution in [0.25, 0.3) is 0 Å². The summed E-state index contributed by atoms with van der Waals surface area (Å²) in [5, 5.41) is 6.07. The lowest BCUT2D eigenvalue weighted by Gasteiger charge is -2.11. The van der Waals surface area contributed by atoms with E-state index in [1.807, 2.05) is 12.3 Å². The van der Waals surface area contributed by atoms with Crippen molar-refractivity contribution in [3.8, 4) is 0 Å². The summed E-state index contributed by atoms with van der Waals surface area (Å²) in [4.78, 5) is 23.3. The number of carbonyl (C=O) groups is 1. The van der Waals surface area contributed by atoms with E-state index in [2.05, 4.69) is 20.2 Å². The van der Waals surface area contributed by atoms with Gasteiger partial charge in [-0.1, -0.05) is 11.3 Å². The molecule has 0 bridgehead atoms. The van der Waals surface area contributed by atoms with Gasteiger partial charge in [-0.15, -0.1) is 11.3 Å². The van der Waals surface area contributed by atoms with Crippen LogP contribution < -0.4 is 16.0 Å². The summed E-state index contributed by atoms with van der Waals surface area (Å²) >= 11 is 2.75. The van der Waals surface area contributed by atoms with E-state index in [-0.39, 0.29) is 5.91 Å². The van der Waals surface area contributed by atoms with E-state index in [0.29, 0.717) is 15.8 Å². The number of nitrogens with zero attached hydrogens (tertiary/aromatic N) is 3. The molecule has 1 aliphatic rings. The molecule has 0 radical (unpaired) electrons. The first-order valence-corrected chi connectivity index (χ1v) is 8.08. The number of thiazole rings is 2. The number of amides is 1. The maximum absolute atomic E-state index is 12.2. The SMILES string of the molecule is Cc1csc(NC(=O)c2sc(N3CCCC3)nc2N)n1. The van der Waals surface area contributed by atoms with Gasteiger partial charge in [0.25, 0.3) is 5.91 Å². The zero-order valence-electron chi connectivity index (χ0n) is 11.0. The molecule has 0 saturated carbocycles. The number of nitrogen functional groups attached to an aromatic ring is 1. The number of anilines is 3. The molecule has 20 heavy (non-hydrogen) atoms. The van der Waals surface area contributed by atoms with E-state index in [0.717, 1.165) is 23.9 Å². The first-order valence-electron chi connectivity index (χ1n) is 6.38. The van der Waals surface area contributed by atoms with Crippen molar-refractivity contribution < 1.29 is 4.79 Å². The highest BCUT2D eigenvalue weighted by molar-refractivity contribution is 7.18. The van der Waals surface area contributed by atoms with Crippen LogP contribution in [0.3, 0.4) is 0 Å². The summed E-state index contributed by atoms with van der Waals surface area (Å²) in [6.07, 6.45) is 2.33. The van der Waals surface area contributed by atoms with E-state index in [9.17, 15) is 4.79 Å². The second-order valence-corrected chi connectivity index (χ2v) is 6.49. The summed E-state index contributed by atoms with van der Waals surface area (Å²) in [6.45, 7) is 3.86. The van der Waals surface area contributed by atoms with E-state index in [1.54, 1.807) is 0 Å². The van der Waals surface area contributed by atoms with Gasteiger partial charge in [0.15, 0.2) is 10.3 Å². The minimum absolute atomic E-state index is 0.236. The van der Waals surface area contributed by atoms with Crippen LogP contribution in [0.4, 0.5) is 16.1 Å². The summed E-state index contributed by atoms with van der Waals surface area (Å²) in [5.41, 5.74) is 6.75. The molecule has 1 aliphatic heterocycles. The Kier molecular flexibility index (Phi) is 3.58. The second kappa shape index (κ2) is 5.37. The number of carbonyl (C=O) groups excluding carboxylic acids is 1. The lowest BCUT2D eigenvalue weighted by atomic mass is 10.4. The van der Waals surface area contributed by atoms with Gasteiger partial charge < -0.3 is 10.6 Å². The van der Waals surface area contributed by atoms with Gasteiger partial charge in [0.2, 0.25) is 0 Å². The molecule has 3 heterocycles. The third-order valence-electron chi connectivity index (χ3n) is 3.06. The summed E-state index contributed by atoms with van der Waals surface area (Å²) in [5.74, 6) is 0.0578. The molecule has 1 amide bonds. The average molecular weight is 309 g/mol. The zero-order valence-corrected chi connectivity index (χ0v) is 12.7. The van der Waals surface area contributed by atoms with Crippen molar-refractivity contribution >= 4 is 44.7 Å². The van der Waals surface area contributed by atoms with Gasteiger partial charge in [-0.3, -0.25) is 10.1 Å². The fourth-order valence-corrected chi connectivity index (χ4v) is 3.71. The first kappa shape index (κ1) is 13.3. The molecule has 3 N–H and O–H groups in total. The third kappa shape index (κ3) is 2.61. The van der Waals surface area contributed by atoms with Crippen LogP contribution >= 0.6 is 22.7 Å². The minimum atomic E-state index is -0.236. The fraction of sp³-hybridized carbons (Fsp3) is 0.417. The van der Waals surface area contributed by atoms with Gasteiger partial charge >= 0.3 is 0 Å². The molecule has 106 valence electrons. The molecule has 2 aromatic heterocycles. The zero-order chi connectivity index (χ0) is 14.1. The molecule has 8 heteroatoms. The Morgan fingerprint density at radius 3 is 2.80 bits per heavy atom. The number of hydrogen-bond donors (Lipinski definition) is 2. The van der Waals surface area contributed by atoms with Crippen LogP contribution in [0.2, 0.25) is 0 Å². The fourth-order valence-electron chi connectivity index (χ4n) is 2.09. The highest BCUT2D eigenvalue weighted by atomic mass is 32.1. The van der Waals surface area contributed by atoms with Gasteiger partial charge in [-0.2, -0.15) is 0 Å². The highest BCUT2D eigenvalue weighted by Crippen LogP contribution is 2.31. The molecule has 3 rings (SSSR count). The highest BCUT2D eigenvalue weighted by Gasteiger charge is 2.22. The van der Waals surface area contributed by atoms with E-state index in [1.165, 1.54) is 35.5 Å². The van der Waals surface area contributed by atoms with Crippen LogP contribution in [-0.2, 0) is 0 Å². The van der Waals surface area contributed by atoms with Crippen molar-refractivity contribution in [2.45, 2.75) is 19.8 Å². The van der Waals surface area contributed by atoms with Gasteiger partial charge in [0.05, 0.1) is 5.69 Å². The number of nitrogens with two attached hydrogens (primary N) is 1. The Labute approximate surface area is 124 Å². The maximum Gasteiger partial charge on any atom is 0.271 e. The number of rotatable bonds is 3. The van der Waals surface area contributed by atoms with Gasteiger partial charge in [0, 0.05) is 18.5 Å². The second-order valence-electron chi connectivity index (χ2n) is 4.65. The Hall–Kier alpha value is -1.67. The van der Waals surface area contributed by atoms with Crippen molar-refractivity contribution in [1.82, 2.24) is 9.97 Å². The minimum Gasteiger partial charge on any atom is -0.382 e. The average Bonchev–Trinajstić information content (AvgIpc) is 3.09. The van der Waals surface area contributed by atoms with Crippen LogP contribution in [0, 0.1) is 6.92 Å². The Balaban J connectivity index is 1.77. The van der Waals surface area contributed by atoms with Crippen molar-refractivity contribution in [2.24, 2.45) is 0 Å². The number of hydrogen-bond acceptors (Lipinski definition) is 7. The van der Waals surface area contributed by atoms with Crippen molar-refractivity contribution in [3.05, 3.63) is 16.0 Å². The smallest absolute Gasteiger partial charge is 0.271 e. The third-order valence-corrected chi connectivity index (χ3v) is 5.07. The van der Waals surface area contributed by atoms with Crippen LogP contribution in [0.1, 0.15) is 28.2 Å². The van der Waals surface area contributed by atoms with Crippen LogP contribution in [-0.4, -0.2) is 29.0 Å². The van der Waals surface area contributed by atoms with E-state index >= 15 is 0 Å². The monoisotopic (exact) mass is 309 g/mol. The summed E-state index contributed by atoms with van der Waals surface area (Å²) in [7, 11) is 0. The normalized spacial score (nSPS) is 14.8. The summed E-state index contributed by atoms with van der Waals surface area (Å²) < 4.78 is 0. The molecule has 2 aromatic rings. The van der Waals surface area contributed by atoms with Crippen molar-refractivity contribution in [3.63, 3.8) is 0 Å². The molecule has 1 fully saturated rings. The Morgan fingerprint density at radius 2 is 2.15 bits per heavy atom. The molecule has 0 spiro atoms. The molecule has 0 unspecified atom stereocenters. The Bertz CT molecular complexity index is 630. The molecule has 1 saturated heterocycles. The predicted octanol–water partition coefficient (Wildman–Crippen LogP) is 2.34. The molecule has 0 aromatic carbocycles. The molecular weight excluding hydrogens is 294 g/mol. The van der Waals surface area contributed by atoms with Gasteiger partial charge in [-0.25, -0.2) is 9.97 Å². The standard InChI is InChI=1S/C12H15N5OS2/c1-7-6-19-11(14-7)16-10(18)8-9(13)15-12(20-8)17-4-2-3-5-17/h6H,2-5,13H2,1H3,(H,14,16,18). The topological polar surface area (TPSA) is 84.1 Å². The lowest BCUT2D eigenvalue weighted by Crippen LogP contribution is -2.17. The van der Waals surface area contributed by atoms with Gasteiger partial charge in [-0.05, 0) is 19.8 Å². The first-order chi connectivity index (χ1) is 9.63. The number of nitrogens with one attached hydrogen (secondary N) is 1. The van der Waals surface area contributed by atoms with Crippen molar-refractivity contribution in [2.75, 3.05) is 29.0 Å². The van der Waals surface area contributed by atoms with E-state index < -0.39 is 0 Å². The molecule has 0 atom stereocenters. The molecule has 6 nitrogen and oxygen atoms in total. The van der Waals surface area contributed by atoms with Crippen LogP contribution in [0.5, 0.6) is 0 Å². The molecule has 0 aliphatic carbocycles. The largest absolute Gasteiger partial charge is 0.382 e. The Morgan fingerprint density at radius 1 is 1.40 bits per heavy atom. The quantitative estimate of drug-likeness (QED) is 0.909. The van der Waals surface area contributed by atoms with Gasteiger partial charge in [0.1, 0.15) is 10.7 Å². The predicted molar refractivity (Wildman–Crippen MR) is 82.8 cm³/mol. The number of aryl methyl sites for hydroxylation is 1. The maximum atomic E-state index is 12.2. The van der Waals surface area contributed by atoms with Crippen LogP contribution in [0.15, 0.2) is 5.38 Å². The van der Waals surface area contributed by atoms with Crippen molar-refractivity contribution in [1.29, 1.82) is 0 Å². The molecular formula is C12H15N5OS2. The van der Waals surface area contributed by atoms with E-state index in [4.69, 9.17) is 5.73 Å².